The topological polar surface area (TPSA) is 78.0 Å². The lowest BCUT2D eigenvalue weighted by Gasteiger charge is -1.90. The van der Waals surface area contributed by atoms with Gasteiger partial charge in [-0.05, 0) is 30.5 Å². The lowest BCUT2D eigenvalue weighted by Crippen LogP contribution is -1.71. The Morgan fingerprint density at radius 2 is 1.81 bits per heavy atom. The predicted octanol–water partition coefficient (Wildman–Crippen LogP) is 2.65. The largest absolute Gasteiger partial charge is 0.520 e. The van der Waals surface area contributed by atoms with Crippen molar-refractivity contribution >= 4 is 20.1 Å². The Balaban J connectivity index is 0. The monoisotopic (exact) mass is 265 g/mol. The first-order chi connectivity index (χ1) is 7.24. The van der Waals surface area contributed by atoms with Crippen LogP contribution in [0.15, 0.2) is 35.2 Å². The second kappa shape index (κ2) is 12.6. The van der Waals surface area contributed by atoms with Crippen molar-refractivity contribution in [2.75, 3.05) is 12.8 Å². The highest BCUT2D eigenvalue weighted by molar-refractivity contribution is 7.97. The van der Waals surface area contributed by atoms with Crippen LogP contribution in [0.4, 0.5) is 0 Å². The molecule has 0 saturated heterocycles. The minimum atomic E-state index is -1.49. The molecule has 0 saturated carbocycles. The zero-order chi connectivity index (χ0) is 11.5. The standard InChI is InChI=1S/C8H10O2PS.C2H6O.H2O/c1-2-11(9)10-12-8-6-4-3-5-7-8;1-2-3;/h3-7H,2H2,1H3;3H,2H2,1H3;1H2/q+1;;. The van der Waals surface area contributed by atoms with Crippen LogP contribution in [0.5, 0.6) is 0 Å². The van der Waals surface area contributed by atoms with Gasteiger partial charge in [-0.25, -0.2) is 0 Å². The van der Waals surface area contributed by atoms with Gasteiger partial charge in [0.2, 0.25) is 0 Å². The lowest BCUT2D eigenvalue weighted by atomic mass is 10.4. The first kappa shape index (κ1) is 17.9. The third-order valence-corrected chi connectivity index (χ3v) is 3.16. The normalized spacial score (nSPS) is 9.56. The zero-order valence-electron chi connectivity index (χ0n) is 9.42. The van der Waals surface area contributed by atoms with Crippen LogP contribution in [0.25, 0.3) is 0 Å². The molecule has 16 heavy (non-hydrogen) atoms. The summed E-state index contributed by atoms with van der Waals surface area (Å²) in [6.07, 6.45) is 0.565. The highest BCUT2D eigenvalue weighted by Gasteiger charge is 2.13. The van der Waals surface area contributed by atoms with E-state index in [1.54, 1.807) is 6.92 Å². The summed E-state index contributed by atoms with van der Waals surface area (Å²) in [6.45, 7) is 3.77. The van der Waals surface area contributed by atoms with Crippen molar-refractivity contribution in [3.8, 4) is 0 Å². The number of hydrogen-bond donors (Lipinski definition) is 1. The van der Waals surface area contributed by atoms with E-state index in [9.17, 15) is 4.57 Å². The molecule has 0 aliphatic carbocycles. The molecule has 0 amide bonds. The molecule has 3 N–H and O–H groups in total. The van der Waals surface area contributed by atoms with Crippen LogP contribution in [0.3, 0.4) is 0 Å². The maximum atomic E-state index is 10.9. The molecule has 1 unspecified atom stereocenters. The van der Waals surface area contributed by atoms with Crippen LogP contribution in [0.2, 0.25) is 0 Å². The highest BCUT2D eigenvalue weighted by atomic mass is 32.2. The molecule has 1 aromatic carbocycles. The molecular formula is C10H18O4PS+. The number of rotatable bonds is 4. The summed E-state index contributed by atoms with van der Waals surface area (Å²) in [5.74, 6) is 0. The van der Waals surface area contributed by atoms with Gasteiger partial charge in [0.05, 0.1) is 12.0 Å². The van der Waals surface area contributed by atoms with Crippen LogP contribution < -0.4 is 0 Å². The summed E-state index contributed by atoms with van der Waals surface area (Å²) in [6, 6.07) is 9.62. The van der Waals surface area contributed by atoms with Crippen LogP contribution in [-0.2, 0) is 8.54 Å². The maximum absolute atomic E-state index is 10.9. The lowest BCUT2D eigenvalue weighted by molar-refractivity contribution is 0.318. The van der Waals surface area contributed by atoms with Crippen molar-refractivity contribution in [1.29, 1.82) is 0 Å². The Bertz CT molecular complexity index is 269. The van der Waals surface area contributed by atoms with Crippen molar-refractivity contribution in [2.45, 2.75) is 18.7 Å². The second-order valence-corrected chi connectivity index (χ2v) is 4.97. The van der Waals surface area contributed by atoms with Crippen molar-refractivity contribution in [2.24, 2.45) is 0 Å². The quantitative estimate of drug-likeness (QED) is 0.670. The molecule has 92 valence electrons. The molecule has 0 bridgehead atoms. The minimum Gasteiger partial charge on any atom is -0.412 e. The number of aliphatic hydroxyl groups excluding tert-OH is 1. The Hall–Kier alpha value is -0.450. The Labute approximate surface area is 101 Å². The van der Waals surface area contributed by atoms with Gasteiger partial charge in [0.25, 0.3) is 0 Å². The van der Waals surface area contributed by atoms with Crippen LogP contribution in [-0.4, -0.2) is 23.4 Å². The SMILES string of the molecule is CCO.CC[P+](=O)OSc1ccccc1.O. The molecular weight excluding hydrogens is 247 g/mol. The molecule has 1 rings (SSSR count). The number of hydrogen-bond acceptors (Lipinski definition) is 4. The molecule has 0 aromatic heterocycles. The van der Waals surface area contributed by atoms with Gasteiger partial charge in [0, 0.05) is 11.5 Å². The molecule has 6 heteroatoms. The van der Waals surface area contributed by atoms with Gasteiger partial charge in [-0.3, -0.25) is 0 Å². The van der Waals surface area contributed by atoms with Crippen LogP contribution >= 0.6 is 20.1 Å². The van der Waals surface area contributed by atoms with E-state index >= 15 is 0 Å². The summed E-state index contributed by atoms with van der Waals surface area (Å²) in [5.41, 5.74) is 0. The summed E-state index contributed by atoms with van der Waals surface area (Å²) in [7, 11) is -1.49. The number of benzene rings is 1. The van der Waals surface area contributed by atoms with Crippen molar-refractivity contribution in [3.63, 3.8) is 0 Å². The Morgan fingerprint density at radius 1 is 1.31 bits per heavy atom. The molecule has 4 nitrogen and oxygen atoms in total. The van der Waals surface area contributed by atoms with Gasteiger partial charge in [0.15, 0.2) is 6.16 Å². The van der Waals surface area contributed by atoms with Crippen molar-refractivity contribution < 1.29 is 19.1 Å². The minimum absolute atomic E-state index is 0. The fourth-order valence-electron chi connectivity index (χ4n) is 0.613. The summed E-state index contributed by atoms with van der Waals surface area (Å²) in [5, 5.41) is 7.57. The van der Waals surface area contributed by atoms with E-state index in [4.69, 9.17) is 9.08 Å². The van der Waals surface area contributed by atoms with E-state index in [1.807, 2.05) is 37.3 Å². The van der Waals surface area contributed by atoms with E-state index < -0.39 is 8.03 Å². The zero-order valence-corrected chi connectivity index (χ0v) is 11.1. The summed E-state index contributed by atoms with van der Waals surface area (Å²) >= 11 is 1.17. The van der Waals surface area contributed by atoms with E-state index in [0.717, 1.165) is 4.90 Å². The molecule has 0 aliphatic rings. The molecule has 0 heterocycles. The summed E-state index contributed by atoms with van der Waals surface area (Å²) in [4.78, 5) is 0.981. The smallest absolute Gasteiger partial charge is 0.412 e. The maximum Gasteiger partial charge on any atom is 0.520 e. The number of aliphatic hydroxyl groups is 1. The Morgan fingerprint density at radius 3 is 2.25 bits per heavy atom. The van der Waals surface area contributed by atoms with Gasteiger partial charge >= 0.3 is 8.03 Å². The first-order valence-corrected chi connectivity index (χ1v) is 6.80. The van der Waals surface area contributed by atoms with E-state index in [2.05, 4.69) is 0 Å². The Kier molecular flexibility index (Phi) is 14.1. The van der Waals surface area contributed by atoms with E-state index in [1.165, 1.54) is 12.0 Å². The molecule has 0 radical (unpaired) electrons. The van der Waals surface area contributed by atoms with Gasteiger partial charge in [-0.1, -0.05) is 22.2 Å². The van der Waals surface area contributed by atoms with E-state index in [0.29, 0.717) is 6.16 Å². The van der Waals surface area contributed by atoms with Gasteiger partial charge < -0.3 is 10.6 Å². The average Bonchev–Trinajstić information content (AvgIpc) is 2.28. The second-order valence-electron chi connectivity index (χ2n) is 2.44. The van der Waals surface area contributed by atoms with Crippen LogP contribution in [0, 0.1) is 0 Å². The molecule has 0 spiro atoms. The highest BCUT2D eigenvalue weighted by Crippen LogP contribution is 2.32. The van der Waals surface area contributed by atoms with Crippen molar-refractivity contribution in [3.05, 3.63) is 30.3 Å². The van der Waals surface area contributed by atoms with Crippen molar-refractivity contribution in [1.82, 2.24) is 0 Å². The fraction of sp³-hybridized carbons (Fsp3) is 0.400. The van der Waals surface area contributed by atoms with E-state index in [-0.39, 0.29) is 12.1 Å². The molecule has 0 aliphatic heterocycles. The van der Waals surface area contributed by atoms with Gasteiger partial charge in [-0.15, -0.1) is 0 Å². The van der Waals surface area contributed by atoms with Crippen LogP contribution in [0.1, 0.15) is 13.8 Å². The third-order valence-electron chi connectivity index (χ3n) is 1.22. The average molecular weight is 265 g/mol. The molecule has 0 fully saturated rings. The third kappa shape index (κ3) is 10.1. The van der Waals surface area contributed by atoms with Gasteiger partial charge in [0.1, 0.15) is 0 Å². The first-order valence-electron chi connectivity index (χ1n) is 4.69. The fourth-order valence-corrected chi connectivity index (χ4v) is 1.98. The summed E-state index contributed by atoms with van der Waals surface area (Å²) < 4.78 is 15.9. The predicted molar refractivity (Wildman–Crippen MR) is 67.9 cm³/mol. The molecule has 1 aromatic rings. The molecule has 1 atom stereocenters. The van der Waals surface area contributed by atoms with Gasteiger partial charge in [-0.2, -0.15) is 0 Å².